The molecule has 0 spiro atoms. The molecule has 1 N–H and O–H groups in total. The average Bonchev–Trinajstić information content (AvgIpc) is 3.47. The van der Waals surface area contributed by atoms with Gasteiger partial charge in [-0.05, 0) is 86.7 Å². The van der Waals surface area contributed by atoms with E-state index in [1.54, 1.807) is 55.5 Å². The molecule has 0 saturated heterocycles. The first-order valence-corrected chi connectivity index (χ1v) is 16.9. The molecule has 11 heteroatoms. The zero-order valence-electron chi connectivity index (χ0n) is 24.4. The van der Waals surface area contributed by atoms with Crippen LogP contribution < -0.4 is 9.62 Å². The number of carbonyl (C=O) groups excluding carboxylic acids is 2. The Hall–Kier alpha value is -2.78. The number of nitrogens with zero attached hydrogens (tertiary/aromatic N) is 2. The summed E-state index contributed by atoms with van der Waals surface area (Å²) in [7, 11) is -4.19. The van der Waals surface area contributed by atoms with Crippen molar-refractivity contribution < 1.29 is 18.0 Å². The summed E-state index contributed by atoms with van der Waals surface area (Å²) < 4.78 is 29.3. The van der Waals surface area contributed by atoms with E-state index in [4.69, 9.17) is 34.8 Å². The lowest BCUT2D eigenvalue weighted by Crippen LogP contribution is -2.53. The highest BCUT2D eigenvalue weighted by Crippen LogP contribution is 2.30. The molecule has 1 unspecified atom stereocenters. The molecule has 230 valence electrons. The summed E-state index contributed by atoms with van der Waals surface area (Å²) in [6.45, 7) is 4.93. The lowest BCUT2D eigenvalue weighted by molar-refractivity contribution is -0.140. The van der Waals surface area contributed by atoms with Gasteiger partial charge in [-0.2, -0.15) is 0 Å². The summed E-state index contributed by atoms with van der Waals surface area (Å²) in [4.78, 5) is 29.4. The van der Waals surface area contributed by atoms with Crippen molar-refractivity contribution in [2.75, 3.05) is 10.8 Å². The van der Waals surface area contributed by atoms with Crippen molar-refractivity contribution in [2.45, 2.75) is 76.4 Å². The van der Waals surface area contributed by atoms with Gasteiger partial charge in [-0.3, -0.25) is 13.9 Å². The first-order valence-electron chi connectivity index (χ1n) is 14.3. The maximum Gasteiger partial charge on any atom is 0.264 e. The number of carbonyl (C=O) groups is 2. The first kappa shape index (κ1) is 33.1. The van der Waals surface area contributed by atoms with Gasteiger partial charge in [0.25, 0.3) is 10.0 Å². The quantitative estimate of drug-likeness (QED) is 0.233. The minimum atomic E-state index is -4.19. The zero-order chi connectivity index (χ0) is 31.3. The fourth-order valence-corrected chi connectivity index (χ4v) is 7.40. The molecule has 2 amide bonds. The number of hydrogen-bond acceptors (Lipinski definition) is 4. The Morgan fingerprint density at radius 1 is 0.930 bits per heavy atom. The predicted octanol–water partition coefficient (Wildman–Crippen LogP) is 7.33. The van der Waals surface area contributed by atoms with Crippen molar-refractivity contribution in [3.63, 3.8) is 0 Å². The van der Waals surface area contributed by atoms with Crippen molar-refractivity contribution in [1.82, 2.24) is 10.2 Å². The number of nitrogens with one attached hydrogen (secondary N) is 1. The molecule has 7 nitrogen and oxygen atoms in total. The SMILES string of the molecule is CCC(C(=O)NC1CCCC1)N(Cc1ccc(Cl)c(Cl)c1)C(=O)CN(c1ccc(Cl)cc1C)S(=O)(=O)c1ccc(C)cc1. The van der Waals surface area contributed by atoms with Crippen molar-refractivity contribution in [1.29, 1.82) is 0 Å². The van der Waals surface area contributed by atoms with Gasteiger partial charge in [0.05, 0.1) is 20.6 Å². The summed E-state index contributed by atoms with van der Waals surface area (Å²) in [5, 5.41) is 4.23. The molecule has 0 radical (unpaired) electrons. The first-order chi connectivity index (χ1) is 20.4. The van der Waals surface area contributed by atoms with Crippen molar-refractivity contribution >= 4 is 62.3 Å². The Morgan fingerprint density at radius 2 is 1.60 bits per heavy atom. The molecule has 1 saturated carbocycles. The van der Waals surface area contributed by atoms with E-state index in [9.17, 15) is 18.0 Å². The molecule has 0 heterocycles. The van der Waals surface area contributed by atoms with Crippen LogP contribution in [0.2, 0.25) is 15.1 Å². The fourth-order valence-electron chi connectivity index (χ4n) is 5.37. The lowest BCUT2D eigenvalue weighted by Gasteiger charge is -2.34. The monoisotopic (exact) mass is 663 g/mol. The summed E-state index contributed by atoms with van der Waals surface area (Å²) in [5.74, 6) is -0.803. The Balaban J connectivity index is 1.75. The standard InChI is InChI=1S/C32H36Cl3N3O4S/c1-4-29(32(40)36-25-7-5-6-8-25)37(19-23-11-15-27(34)28(35)18-23)31(39)20-38(30-16-12-24(33)17-22(30)3)43(41,42)26-13-9-21(2)10-14-26/h9-18,25,29H,4-8,19-20H2,1-3H3,(H,36,40). The summed E-state index contributed by atoms with van der Waals surface area (Å²) in [5.41, 5.74) is 2.45. The van der Waals surface area contributed by atoms with Crippen LogP contribution in [-0.4, -0.2) is 43.8 Å². The van der Waals surface area contributed by atoms with Crippen LogP contribution in [0.15, 0.2) is 65.6 Å². The maximum absolute atomic E-state index is 14.3. The molecule has 3 aromatic rings. The van der Waals surface area contributed by atoms with E-state index in [0.29, 0.717) is 38.3 Å². The molecule has 3 aromatic carbocycles. The molecule has 0 bridgehead atoms. The van der Waals surface area contributed by atoms with Gasteiger partial charge in [0.2, 0.25) is 11.8 Å². The Morgan fingerprint density at radius 3 is 2.21 bits per heavy atom. The number of sulfonamides is 1. The molecule has 1 aliphatic rings. The second kappa shape index (κ2) is 14.3. The number of halogens is 3. The summed E-state index contributed by atoms with van der Waals surface area (Å²) >= 11 is 18.6. The van der Waals surface area contributed by atoms with E-state index in [1.807, 2.05) is 13.8 Å². The van der Waals surface area contributed by atoms with Gasteiger partial charge in [0.15, 0.2) is 0 Å². The van der Waals surface area contributed by atoms with Crippen LogP contribution in [0, 0.1) is 13.8 Å². The van der Waals surface area contributed by atoms with Crippen LogP contribution >= 0.6 is 34.8 Å². The smallest absolute Gasteiger partial charge is 0.264 e. The van der Waals surface area contributed by atoms with Gasteiger partial charge < -0.3 is 10.2 Å². The van der Waals surface area contributed by atoms with E-state index < -0.39 is 28.5 Å². The zero-order valence-corrected chi connectivity index (χ0v) is 27.5. The van der Waals surface area contributed by atoms with Crippen molar-refractivity contribution in [3.8, 4) is 0 Å². The summed E-state index contributed by atoms with van der Waals surface area (Å²) in [6.07, 6.45) is 4.19. The second-order valence-electron chi connectivity index (χ2n) is 10.9. The number of aryl methyl sites for hydroxylation is 2. The third-order valence-electron chi connectivity index (χ3n) is 7.74. The molecule has 1 aliphatic carbocycles. The van der Waals surface area contributed by atoms with Gasteiger partial charge in [-0.1, -0.05) is 78.3 Å². The number of benzene rings is 3. The average molecular weight is 665 g/mol. The molecule has 1 fully saturated rings. The van der Waals surface area contributed by atoms with Crippen LogP contribution in [0.1, 0.15) is 55.7 Å². The number of hydrogen-bond donors (Lipinski definition) is 1. The Bertz CT molecular complexity index is 1580. The Labute approximate surface area is 269 Å². The molecule has 43 heavy (non-hydrogen) atoms. The lowest BCUT2D eigenvalue weighted by atomic mass is 10.1. The van der Waals surface area contributed by atoms with Gasteiger partial charge >= 0.3 is 0 Å². The summed E-state index contributed by atoms with van der Waals surface area (Å²) in [6, 6.07) is 15.5. The molecule has 0 aromatic heterocycles. The van der Waals surface area contributed by atoms with Crippen LogP contribution in [0.3, 0.4) is 0 Å². The van der Waals surface area contributed by atoms with Crippen LogP contribution in [0.5, 0.6) is 0 Å². The minimum absolute atomic E-state index is 0.0321. The van der Waals surface area contributed by atoms with E-state index in [0.717, 1.165) is 35.6 Å². The molecular weight excluding hydrogens is 629 g/mol. The highest BCUT2D eigenvalue weighted by Gasteiger charge is 2.35. The predicted molar refractivity (Wildman–Crippen MR) is 173 cm³/mol. The highest BCUT2D eigenvalue weighted by atomic mass is 35.5. The molecule has 4 rings (SSSR count). The largest absolute Gasteiger partial charge is 0.352 e. The third-order valence-corrected chi connectivity index (χ3v) is 10.5. The molecule has 1 atom stereocenters. The minimum Gasteiger partial charge on any atom is -0.352 e. The van der Waals surface area contributed by atoms with Crippen LogP contribution in [0.4, 0.5) is 5.69 Å². The van der Waals surface area contributed by atoms with E-state index in [1.165, 1.54) is 17.0 Å². The molecule has 0 aliphatic heterocycles. The van der Waals surface area contributed by atoms with Gasteiger partial charge in [-0.25, -0.2) is 8.42 Å². The fraction of sp³-hybridized carbons (Fsp3) is 0.375. The van der Waals surface area contributed by atoms with Crippen molar-refractivity contribution in [3.05, 3.63) is 92.4 Å². The number of amides is 2. The van der Waals surface area contributed by atoms with Gasteiger partial charge in [0.1, 0.15) is 12.6 Å². The van der Waals surface area contributed by atoms with Gasteiger partial charge in [-0.15, -0.1) is 0 Å². The topological polar surface area (TPSA) is 86.8 Å². The van der Waals surface area contributed by atoms with Crippen molar-refractivity contribution in [2.24, 2.45) is 0 Å². The van der Waals surface area contributed by atoms with E-state index in [-0.39, 0.29) is 23.4 Å². The molecular formula is C32H36Cl3N3O4S. The normalized spacial score (nSPS) is 14.4. The van der Waals surface area contributed by atoms with Crippen LogP contribution in [-0.2, 0) is 26.2 Å². The second-order valence-corrected chi connectivity index (χ2v) is 14.1. The van der Waals surface area contributed by atoms with E-state index >= 15 is 0 Å². The third kappa shape index (κ3) is 8.04. The Kier molecular flexibility index (Phi) is 11.0. The van der Waals surface area contributed by atoms with Crippen LogP contribution in [0.25, 0.3) is 0 Å². The van der Waals surface area contributed by atoms with Gasteiger partial charge in [0, 0.05) is 17.6 Å². The number of rotatable bonds is 11. The highest BCUT2D eigenvalue weighted by molar-refractivity contribution is 7.92. The number of anilines is 1. The van der Waals surface area contributed by atoms with E-state index in [2.05, 4.69) is 5.32 Å². The maximum atomic E-state index is 14.3.